The lowest BCUT2D eigenvalue weighted by Gasteiger charge is -2.23. The summed E-state index contributed by atoms with van der Waals surface area (Å²) < 4.78 is 40.2. The number of rotatable bonds is 1. The molecule has 4 nitrogen and oxygen atoms in total. The molecule has 1 aliphatic rings. The van der Waals surface area contributed by atoms with E-state index in [1.165, 1.54) is 18.0 Å². The third-order valence-electron chi connectivity index (χ3n) is 3.84. The van der Waals surface area contributed by atoms with Crippen LogP contribution in [0.15, 0.2) is 53.9 Å². The van der Waals surface area contributed by atoms with Crippen LogP contribution in [0.5, 0.6) is 0 Å². The van der Waals surface area contributed by atoms with E-state index in [2.05, 4.69) is 11.1 Å². The molecule has 0 fully saturated rings. The zero-order valence-corrected chi connectivity index (χ0v) is 13.0. The van der Waals surface area contributed by atoms with Gasteiger partial charge in [0.25, 0.3) is 0 Å². The number of hydrogen-bond donors (Lipinski definition) is 0. The first-order chi connectivity index (χ1) is 11.3. The normalized spacial score (nSPS) is 17.0. The van der Waals surface area contributed by atoms with Gasteiger partial charge in [-0.3, -0.25) is 0 Å². The molecule has 0 aliphatic carbocycles. The summed E-state index contributed by atoms with van der Waals surface area (Å²) in [6.07, 6.45) is -1.20. The van der Waals surface area contributed by atoms with E-state index >= 15 is 0 Å². The number of hydrogen-bond acceptors (Lipinski definition) is 3. The summed E-state index contributed by atoms with van der Waals surface area (Å²) in [7, 11) is 3.25. The van der Waals surface area contributed by atoms with E-state index in [0.29, 0.717) is 11.5 Å². The molecule has 0 amide bonds. The lowest BCUT2D eigenvalue weighted by molar-refractivity contribution is -0.0892. The fraction of sp³-hybridized carbons (Fsp3) is 0.176. The smallest absolute Gasteiger partial charge is 0.349 e. The van der Waals surface area contributed by atoms with Gasteiger partial charge in [-0.2, -0.15) is 18.4 Å². The van der Waals surface area contributed by atoms with Gasteiger partial charge in [0.15, 0.2) is 5.82 Å². The highest BCUT2D eigenvalue weighted by atomic mass is 19.4. The van der Waals surface area contributed by atoms with Gasteiger partial charge in [-0.05, 0) is 24.3 Å². The van der Waals surface area contributed by atoms with Crippen molar-refractivity contribution >= 4 is 16.6 Å². The molecule has 122 valence electrons. The number of aromatic nitrogens is 2. The average molecular weight is 330 g/mol. The van der Waals surface area contributed by atoms with E-state index in [9.17, 15) is 18.4 Å². The van der Waals surface area contributed by atoms with Crippen molar-refractivity contribution in [3.8, 4) is 6.07 Å². The zero-order chi connectivity index (χ0) is 17.5. The maximum atomic E-state index is 12.8. The van der Waals surface area contributed by atoms with Gasteiger partial charge in [0.1, 0.15) is 11.6 Å². The minimum absolute atomic E-state index is 0.213. The highest BCUT2D eigenvalue weighted by Gasteiger charge is 2.34. The Hall–Kier alpha value is -3.01. The second kappa shape index (κ2) is 5.57. The van der Waals surface area contributed by atoms with E-state index in [1.54, 1.807) is 11.6 Å². The Morgan fingerprint density at radius 1 is 1.17 bits per heavy atom. The summed E-state index contributed by atoms with van der Waals surface area (Å²) in [4.78, 5) is 5.73. The van der Waals surface area contributed by atoms with Crippen LogP contribution in [-0.4, -0.2) is 27.7 Å². The average Bonchev–Trinajstić information content (AvgIpc) is 2.86. The summed E-state index contributed by atoms with van der Waals surface area (Å²) in [5, 5.41) is 9.56. The van der Waals surface area contributed by atoms with Crippen LogP contribution in [-0.2, 0) is 7.05 Å². The summed E-state index contributed by atoms with van der Waals surface area (Å²) >= 11 is 0. The summed E-state index contributed by atoms with van der Waals surface area (Å²) in [5.74, 6) is 0.411. The lowest BCUT2D eigenvalue weighted by atomic mass is 10.1. The Balaban J connectivity index is 2.14. The Morgan fingerprint density at radius 2 is 1.88 bits per heavy atom. The van der Waals surface area contributed by atoms with Gasteiger partial charge < -0.3 is 9.47 Å². The number of aryl methyl sites for hydroxylation is 1. The van der Waals surface area contributed by atoms with Gasteiger partial charge in [0.2, 0.25) is 0 Å². The van der Waals surface area contributed by atoms with E-state index in [1.807, 2.05) is 24.3 Å². The van der Waals surface area contributed by atoms with E-state index in [-0.39, 0.29) is 5.57 Å². The molecular weight excluding hydrogens is 317 g/mol. The van der Waals surface area contributed by atoms with Gasteiger partial charge in [-0.25, -0.2) is 4.98 Å². The number of nitriles is 1. The topological polar surface area (TPSA) is 44.9 Å². The number of nitrogens with zero attached hydrogens (tertiary/aromatic N) is 4. The second-order valence-corrected chi connectivity index (χ2v) is 5.38. The molecule has 0 saturated heterocycles. The number of alkyl halides is 3. The highest BCUT2D eigenvalue weighted by molar-refractivity contribution is 5.85. The number of imidazole rings is 1. The first-order valence-corrected chi connectivity index (χ1v) is 7.09. The van der Waals surface area contributed by atoms with Crippen molar-refractivity contribution in [2.24, 2.45) is 7.05 Å². The Bertz CT molecular complexity index is 939. The molecule has 1 aromatic heterocycles. The predicted octanol–water partition coefficient (Wildman–Crippen LogP) is 3.76. The van der Waals surface area contributed by atoms with Crippen molar-refractivity contribution in [3.05, 3.63) is 59.7 Å². The van der Waals surface area contributed by atoms with Crippen molar-refractivity contribution in [3.63, 3.8) is 0 Å². The molecule has 0 N–H and O–H groups in total. The second-order valence-electron chi connectivity index (χ2n) is 5.38. The Morgan fingerprint density at radius 3 is 2.46 bits per heavy atom. The molecule has 0 bridgehead atoms. The Kier molecular flexibility index (Phi) is 3.68. The summed E-state index contributed by atoms with van der Waals surface area (Å²) in [6, 6.07) is 9.45. The molecule has 0 atom stereocenters. The molecule has 24 heavy (non-hydrogen) atoms. The van der Waals surface area contributed by atoms with E-state index in [4.69, 9.17) is 0 Å². The lowest BCUT2D eigenvalue weighted by Crippen LogP contribution is -2.21. The number of allylic oxidation sites excluding steroid dienone is 4. The van der Waals surface area contributed by atoms with Crippen LogP contribution in [0, 0.1) is 11.3 Å². The quantitative estimate of drug-likeness (QED) is 0.748. The van der Waals surface area contributed by atoms with Crippen molar-refractivity contribution in [1.29, 1.82) is 5.26 Å². The number of likely N-dealkylation sites (N-methyl/N-ethyl adjacent to an activating group) is 1. The summed E-state index contributed by atoms with van der Waals surface area (Å²) in [6.45, 7) is 0. The molecule has 2 aromatic rings. The fourth-order valence-electron chi connectivity index (χ4n) is 2.63. The van der Waals surface area contributed by atoms with Crippen LogP contribution in [0.2, 0.25) is 0 Å². The largest absolute Gasteiger partial charge is 0.417 e. The van der Waals surface area contributed by atoms with Gasteiger partial charge in [-0.15, -0.1) is 0 Å². The van der Waals surface area contributed by atoms with Crippen molar-refractivity contribution in [1.82, 2.24) is 14.5 Å². The van der Waals surface area contributed by atoms with Crippen molar-refractivity contribution in [2.45, 2.75) is 6.18 Å². The first-order valence-electron chi connectivity index (χ1n) is 7.09. The van der Waals surface area contributed by atoms with E-state index in [0.717, 1.165) is 23.3 Å². The van der Waals surface area contributed by atoms with E-state index < -0.39 is 11.7 Å². The van der Waals surface area contributed by atoms with Crippen LogP contribution in [0.25, 0.3) is 16.6 Å². The maximum absolute atomic E-state index is 12.8. The number of para-hydroxylation sites is 2. The first kappa shape index (κ1) is 15.9. The molecule has 2 heterocycles. The maximum Gasteiger partial charge on any atom is 0.417 e. The van der Waals surface area contributed by atoms with Crippen LogP contribution in [0.1, 0.15) is 5.82 Å². The van der Waals surface area contributed by atoms with Crippen LogP contribution in [0.3, 0.4) is 0 Å². The molecule has 0 unspecified atom stereocenters. The minimum Gasteiger partial charge on any atom is -0.349 e. The Labute approximate surface area is 136 Å². The number of halogens is 3. The number of benzene rings is 1. The third kappa shape index (κ3) is 2.56. The minimum atomic E-state index is -4.43. The summed E-state index contributed by atoms with van der Waals surface area (Å²) in [5.41, 5.74) is 1.37. The van der Waals surface area contributed by atoms with Crippen LogP contribution < -0.4 is 0 Å². The monoisotopic (exact) mass is 330 g/mol. The molecule has 3 rings (SSSR count). The highest BCUT2D eigenvalue weighted by Crippen LogP contribution is 2.33. The van der Waals surface area contributed by atoms with Crippen molar-refractivity contribution in [2.75, 3.05) is 7.05 Å². The van der Waals surface area contributed by atoms with Gasteiger partial charge in [-0.1, -0.05) is 12.1 Å². The molecular formula is C17H13F3N4. The predicted molar refractivity (Wildman–Crippen MR) is 84.3 cm³/mol. The molecule has 0 spiro atoms. The van der Waals surface area contributed by atoms with Gasteiger partial charge in [0.05, 0.1) is 22.3 Å². The van der Waals surface area contributed by atoms with Crippen LogP contribution >= 0.6 is 0 Å². The molecule has 7 heteroatoms. The van der Waals surface area contributed by atoms with Gasteiger partial charge >= 0.3 is 6.18 Å². The molecule has 0 radical (unpaired) electrons. The van der Waals surface area contributed by atoms with Crippen LogP contribution in [0.4, 0.5) is 13.2 Å². The molecule has 0 saturated carbocycles. The van der Waals surface area contributed by atoms with Gasteiger partial charge in [0, 0.05) is 20.3 Å². The zero-order valence-electron chi connectivity index (χ0n) is 13.0. The number of fused-ring (bicyclic) bond motifs is 1. The fourth-order valence-corrected chi connectivity index (χ4v) is 2.63. The third-order valence-corrected chi connectivity index (χ3v) is 3.84. The molecule has 1 aromatic carbocycles. The molecule has 1 aliphatic heterocycles. The SMILES string of the molecule is CN1C=C(C(F)(F)F)C=C/C1=C(/C#N)c1nc2ccccc2n1C. The standard InChI is InChI=1S/C17H13F3N4/c1-23-10-11(17(18,19)20)7-8-14(23)12(9-21)16-22-13-5-3-4-6-15(13)24(16)2/h3-8,10H,1-2H3/b14-12+. The van der Waals surface area contributed by atoms with Crippen molar-refractivity contribution < 1.29 is 13.2 Å².